The van der Waals surface area contributed by atoms with Gasteiger partial charge in [0.15, 0.2) is 0 Å². The summed E-state index contributed by atoms with van der Waals surface area (Å²) in [5.74, 6) is 0. The van der Waals surface area contributed by atoms with Gasteiger partial charge in [-0.25, -0.2) is 0 Å². The van der Waals surface area contributed by atoms with E-state index in [0.717, 1.165) is 20.5 Å². The third kappa shape index (κ3) is 3.03. The van der Waals surface area contributed by atoms with Crippen molar-refractivity contribution in [2.24, 2.45) is 0 Å². The average Bonchev–Trinajstić information content (AvgIpc) is 2.92. The Hall–Kier alpha value is -1.64. The number of nitrogens with one attached hydrogen (secondary N) is 1. The van der Waals surface area contributed by atoms with E-state index in [4.69, 9.17) is 11.6 Å². The topological polar surface area (TPSA) is 15.8 Å². The van der Waals surface area contributed by atoms with Crippen LogP contribution in [0.2, 0.25) is 5.02 Å². The second-order valence-electron chi connectivity index (χ2n) is 4.18. The zero-order valence-corrected chi connectivity index (χ0v) is 11.7. The summed E-state index contributed by atoms with van der Waals surface area (Å²) < 4.78 is 0. The summed E-state index contributed by atoms with van der Waals surface area (Å²) in [5, 5.41) is 1.87. The van der Waals surface area contributed by atoms with Crippen LogP contribution in [0.25, 0.3) is 11.1 Å². The summed E-state index contributed by atoms with van der Waals surface area (Å²) in [6, 6.07) is 20.5. The zero-order chi connectivity index (χ0) is 13.1. The van der Waals surface area contributed by atoms with E-state index >= 15 is 0 Å². The lowest BCUT2D eigenvalue weighted by molar-refractivity contribution is 1.20. The Morgan fingerprint density at radius 2 is 1.68 bits per heavy atom. The molecule has 1 aromatic heterocycles. The molecule has 1 N–H and O–H groups in total. The van der Waals surface area contributed by atoms with Crippen molar-refractivity contribution in [1.29, 1.82) is 0 Å². The van der Waals surface area contributed by atoms with E-state index in [-0.39, 0.29) is 0 Å². The van der Waals surface area contributed by atoms with E-state index in [1.165, 1.54) is 5.56 Å². The molecule has 0 unspecified atom stereocenters. The Balaban J connectivity index is 1.97. The molecule has 0 saturated carbocycles. The molecule has 1 nitrogen and oxygen atoms in total. The van der Waals surface area contributed by atoms with Gasteiger partial charge in [0.25, 0.3) is 0 Å². The number of halogens is 1. The molecule has 0 radical (unpaired) electrons. The van der Waals surface area contributed by atoms with Crippen molar-refractivity contribution in [2.45, 2.75) is 9.92 Å². The summed E-state index contributed by atoms with van der Waals surface area (Å²) in [4.78, 5) is 4.32. The Morgan fingerprint density at radius 3 is 2.42 bits per heavy atom. The minimum Gasteiger partial charge on any atom is -0.356 e. The zero-order valence-electron chi connectivity index (χ0n) is 10.1. The number of benzene rings is 2. The predicted octanol–water partition coefficient (Wildman–Crippen LogP) is 5.49. The summed E-state index contributed by atoms with van der Waals surface area (Å²) in [6.45, 7) is 0. The number of aromatic amines is 1. The summed E-state index contributed by atoms with van der Waals surface area (Å²) in [5.41, 5.74) is 2.32. The summed E-state index contributed by atoms with van der Waals surface area (Å²) >= 11 is 7.89. The van der Waals surface area contributed by atoms with Gasteiger partial charge in [-0.15, -0.1) is 0 Å². The maximum absolute atomic E-state index is 6.22. The van der Waals surface area contributed by atoms with Gasteiger partial charge in [-0.1, -0.05) is 53.7 Å². The van der Waals surface area contributed by atoms with Crippen LogP contribution in [-0.4, -0.2) is 4.98 Å². The number of hydrogen-bond acceptors (Lipinski definition) is 1. The molecule has 0 aliphatic heterocycles. The van der Waals surface area contributed by atoms with Crippen molar-refractivity contribution in [3.05, 3.63) is 71.9 Å². The minimum atomic E-state index is 0.760. The van der Waals surface area contributed by atoms with Crippen LogP contribution in [0.1, 0.15) is 0 Å². The van der Waals surface area contributed by atoms with Crippen molar-refractivity contribution >= 4 is 23.4 Å². The normalized spacial score (nSPS) is 10.6. The van der Waals surface area contributed by atoms with Gasteiger partial charge >= 0.3 is 0 Å². The predicted molar refractivity (Wildman–Crippen MR) is 81.8 cm³/mol. The highest BCUT2D eigenvalue weighted by molar-refractivity contribution is 7.99. The van der Waals surface area contributed by atoms with Gasteiger partial charge in [-0.2, -0.15) is 0 Å². The molecule has 0 saturated heterocycles. The van der Waals surface area contributed by atoms with Crippen LogP contribution < -0.4 is 0 Å². The molecule has 0 bridgehead atoms. The lowest BCUT2D eigenvalue weighted by atomic mass is 10.1. The molecule has 0 atom stereocenters. The Labute approximate surface area is 121 Å². The van der Waals surface area contributed by atoms with Gasteiger partial charge in [0.1, 0.15) is 0 Å². The second-order valence-corrected chi connectivity index (χ2v) is 5.73. The van der Waals surface area contributed by atoms with Gasteiger partial charge in [-0.05, 0) is 41.5 Å². The molecular weight excluding hydrogens is 274 g/mol. The van der Waals surface area contributed by atoms with E-state index in [0.29, 0.717) is 0 Å². The third-order valence-electron chi connectivity index (χ3n) is 2.78. The van der Waals surface area contributed by atoms with Crippen molar-refractivity contribution in [1.82, 2.24) is 4.98 Å². The minimum absolute atomic E-state index is 0.760. The molecule has 1 heterocycles. The van der Waals surface area contributed by atoms with E-state index in [9.17, 15) is 0 Å². The molecule has 2 aromatic carbocycles. The molecule has 0 aliphatic carbocycles. The van der Waals surface area contributed by atoms with Crippen LogP contribution >= 0.6 is 23.4 Å². The van der Waals surface area contributed by atoms with Crippen molar-refractivity contribution in [2.75, 3.05) is 0 Å². The molecule has 19 heavy (non-hydrogen) atoms. The largest absolute Gasteiger partial charge is 0.356 e. The van der Waals surface area contributed by atoms with Crippen LogP contribution in [0, 0.1) is 0 Å². The SMILES string of the molecule is Clc1cc(Sc2ccc[nH]2)cc(-c2ccccc2)c1. The lowest BCUT2D eigenvalue weighted by Crippen LogP contribution is -1.80. The van der Waals surface area contributed by atoms with E-state index in [1.54, 1.807) is 11.8 Å². The lowest BCUT2D eigenvalue weighted by Gasteiger charge is -2.06. The van der Waals surface area contributed by atoms with Crippen LogP contribution in [-0.2, 0) is 0 Å². The molecule has 0 amide bonds. The fraction of sp³-hybridized carbons (Fsp3) is 0. The van der Waals surface area contributed by atoms with E-state index in [2.05, 4.69) is 23.2 Å². The molecule has 3 aromatic rings. The highest BCUT2D eigenvalue weighted by atomic mass is 35.5. The first-order valence-electron chi connectivity index (χ1n) is 5.98. The fourth-order valence-corrected chi connectivity index (χ4v) is 3.12. The van der Waals surface area contributed by atoms with Gasteiger partial charge in [0.2, 0.25) is 0 Å². The molecule has 3 rings (SSSR count). The number of aromatic nitrogens is 1. The maximum Gasteiger partial charge on any atom is 0.0769 e. The monoisotopic (exact) mass is 285 g/mol. The second kappa shape index (κ2) is 5.55. The number of hydrogen-bond donors (Lipinski definition) is 1. The Morgan fingerprint density at radius 1 is 0.842 bits per heavy atom. The summed E-state index contributed by atoms with van der Waals surface area (Å²) in [6.07, 6.45) is 1.92. The van der Waals surface area contributed by atoms with E-state index in [1.807, 2.05) is 48.7 Å². The van der Waals surface area contributed by atoms with Crippen LogP contribution in [0.5, 0.6) is 0 Å². The molecule has 0 fully saturated rings. The Kier molecular flexibility index (Phi) is 3.62. The number of rotatable bonds is 3. The smallest absolute Gasteiger partial charge is 0.0769 e. The highest BCUT2D eigenvalue weighted by Gasteiger charge is 2.04. The molecular formula is C16H12ClNS. The highest BCUT2D eigenvalue weighted by Crippen LogP contribution is 2.32. The quantitative estimate of drug-likeness (QED) is 0.673. The van der Waals surface area contributed by atoms with Crippen molar-refractivity contribution in [3.8, 4) is 11.1 Å². The fourth-order valence-electron chi connectivity index (χ4n) is 1.92. The van der Waals surface area contributed by atoms with Gasteiger partial charge in [-0.3, -0.25) is 0 Å². The third-order valence-corrected chi connectivity index (χ3v) is 3.94. The average molecular weight is 286 g/mol. The van der Waals surface area contributed by atoms with Crippen molar-refractivity contribution in [3.63, 3.8) is 0 Å². The van der Waals surface area contributed by atoms with Gasteiger partial charge < -0.3 is 4.98 Å². The van der Waals surface area contributed by atoms with Crippen molar-refractivity contribution < 1.29 is 0 Å². The van der Waals surface area contributed by atoms with Crippen LogP contribution in [0.15, 0.2) is 76.8 Å². The van der Waals surface area contributed by atoms with Gasteiger partial charge in [0, 0.05) is 16.1 Å². The molecule has 94 valence electrons. The first-order chi connectivity index (χ1) is 9.31. The summed E-state index contributed by atoms with van der Waals surface area (Å²) in [7, 11) is 0. The van der Waals surface area contributed by atoms with E-state index < -0.39 is 0 Å². The van der Waals surface area contributed by atoms with Gasteiger partial charge in [0.05, 0.1) is 5.03 Å². The maximum atomic E-state index is 6.22. The molecule has 3 heteroatoms. The first kappa shape index (κ1) is 12.4. The molecule has 0 aliphatic rings. The Bertz CT molecular complexity index is 662. The first-order valence-corrected chi connectivity index (χ1v) is 7.18. The number of H-pyrrole nitrogens is 1. The molecule has 0 spiro atoms. The van der Waals surface area contributed by atoms with Crippen LogP contribution in [0.4, 0.5) is 0 Å². The standard InChI is InChI=1S/C16H12ClNS/c17-14-9-13(12-5-2-1-3-6-12)10-15(11-14)19-16-7-4-8-18-16/h1-11,18H. The van der Waals surface area contributed by atoms with Crippen LogP contribution in [0.3, 0.4) is 0 Å².